The first-order chi connectivity index (χ1) is 8.50. The predicted octanol–water partition coefficient (Wildman–Crippen LogP) is 4.32. The van der Waals surface area contributed by atoms with Crippen molar-refractivity contribution in [1.29, 1.82) is 0 Å². The van der Waals surface area contributed by atoms with Crippen molar-refractivity contribution in [3.05, 3.63) is 27.8 Å². The molecule has 0 radical (unpaired) electrons. The van der Waals surface area contributed by atoms with Gasteiger partial charge in [0.15, 0.2) is 0 Å². The van der Waals surface area contributed by atoms with Gasteiger partial charge in [-0.2, -0.15) is 0 Å². The van der Waals surface area contributed by atoms with Crippen LogP contribution in [0.4, 0.5) is 5.69 Å². The molecule has 0 N–H and O–H groups in total. The van der Waals surface area contributed by atoms with Gasteiger partial charge in [-0.1, -0.05) is 0 Å². The fourth-order valence-corrected chi connectivity index (χ4v) is 5.77. The fraction of sp³-hybridized carbons (Fsp3) is 0.625. The highest BCUT2D eigenvalue weighted by molar-refractivity contribution is 6.75. The lowest BCUT2D eigenvalue weighted by molar-refractivity contribution is 0.0908. The summed E-state index contributed by atoms with van der Waals surface area (Å²) in [6.45, 7) is 17.9. The van der Waals surface area contributed by atoms with Crippen LogP contribution in [0.5, 0.6) is 0 Å². The Kier molecular flexibility index (Phi) is 3.15. The quantitative estimate of drug-likeness (QED) is 0.655. The topological polar surface area (TPSA) is 12.5 Å². The molecule has 2 nitrogen and oxygen atoms in total. The molecule has 0 fully saturated rings. The molecule has 0 unspecified atom stereocenters. The molecule has 2 rings (SSSR count). The zero-order valence-electron chi connectivity index (χ0n) is 13.9. The summed E-state index contributed by atoms with van der Waals surface area (Å²) in [5, 5.41) is 0. The molecule has 1 aliphatic rings. The van der Waals surface area contributed by atoms with Crippen molar-refractivity contribution in [2.24, 2.45) is 0 Å². The number of hydrogen-bond donors (Lipinski definition) is 0. The lowest BCUT2D eigenvalue weighted by atomic mass is 9.84. The highest BCUT2D eigenvalue weighted by Crippen LogP contribution is 2.47. The number of benzene rings is 1. The van der Waals surface area contributed by atoms with E-state index in [1.165, 1.54) is 33.5 Å². The maximum absolute atomic E-state index is 6.50. The van der Waals surface area contributed by atoms with Gasteiger partial charge in [-0.05, 0) is 83.9 Å². The van der Waals surface area contributed by atoms with E-state index >= 15 is 0 Å². The van der Waals surface area contributed by atoms with Crippen LogP contribution in [0.15, 0.2) is 0 Å². The van der Waals surface area contributed by atoms with E-state index in [0.717, 1.165) is 0 Å². The van der Waals surface area contributed by atoms with E-state index in [2.05, 4.69) is 66.2 Å². The summed E-state index contributed by atoms with van der Waals surface area (Å²) in [6.07, 6.45) is 0. The smallest absolute Gasteiger partial charge is 0.294 e. The third-order valence-corrected chi connectivity index (χ3v) is 7.75. The molecular formula is C16H27NOSi. The van der Waals surface area contributed by atoms with Gasteiger partial charge >= 0.3 is 0 Å². The molecule has 19 heavy (non-hydrogen) atoms. The Balaban J connectivity index is 2.89. The largest absolute Gasteiger partial charge is 0.389 e. The summed E-state index contributed by atoms with van der Waals surface area (Å²) in [4.78, 5) is 0. The van der Waals surface area contributed by atoms with Gasteiger partial charge in [0.05, 0.1) is 5.60 Å². The van der Waals surface area contributed by atoms with Crippen molar-refractivity contribution >= 4 is 14.2 Å². The molecule has 0 saturated carbocycles. The van der Waals surface area contributed by atoms with Crippen LogP contribution in [-0.2, 0) is 10.0 Å². The zero-order chi connectivity index (χ0) is 14.7. The lowest BCUT2D eigenvalue weighted by Crippen LogP contribution is -2.57. The molecule has 0 atom stereocenters. The Bertz CT molecular complexity index is 546. The molecule has 1 aromatic rings. The third kappa shape index (κ3) is 1.94. The van der Waals surface area contributed by atoms with Crippen LogP contribution >= 0.6 is 0 Å². The van der Waals surface area contributed by atoms with Crippen LogP contribution in [0, 0.1) is 27.7 Å². The van der Waals surface area contributed by atoms with Gasteiger partial charge in [-0.15, -0.1) is 0 Å². The third-order valence-electron chi connectivity index (χ3n) is 4.90. The molecule has 0 saturated heterocycles. The Morgan fingerprint density at radius 2 is 1.37 bits per heavy atom. The summed E-state index contributed by atoms with van der Waals surface area (Å²) in [5.41, 5.74) is 8.23. The van der Waals surface area contributed by atoms with Gasteiger partial charge in [0.1, 0.15) is 0 Å². The van der Waals surface area contributed by atoms with Crippen LogP contribution in [0.1, 0.15) is 41.7 Å². The maximum atomic E-state index is 6.50. The SMILES string of the molecule is Cc1c(C)c(C)c2c(c1C)N(C)[Si](C)(C)OC2(C)C. The van der Waals surface area contributed by atoms with Gasteiger partial charge in [0.25, 0.3) is 8.48 Å². The Hall–Kier alpha value is -0.803. The van der Waals surface area contributed by atoms with Crippen molar-refractivity contribution in [1.82, 2.24) is 0 Å². The Labute approximate surface area is 119 Å². The number of rotatable bonds is 0. The molecule has 3 heteroatoms. The highest BCUT2D eigenvalue weighted by atomic mass is 28.4. The summed E-state index contributed by atoms with van der Waals surface area (Å²) >= 11 is 0. The lowest BCUT2D eigenvalue weighted by Gasteiger charge is -2.50. The van der Waals surface area contributed by atoms with Gasteiger partial charge in [-0.3, -0.25) is 0 Å². The normalized spacial score (nSPS) is 20.4. The van der Waals surface area contributed by atoms with Crippen molar-refractivity contribution < 1.29 is 4.43 Å². The Morgan fingerprint density at radius 3 is 1.89 bits per heavy atom. The molecule has 1 aromatic carbocycles. The van der Waals surface area contributed by atoms with Gasteiger partial charge in [0.2, 0.25) is 0 Å². The fourth-order valence-electron chi connectivity index (χ4n) is 3.46. The number of fused-ring (bicyclic) bond motifs is 1. The minimum atomic E-state index is -1.84. The second-order valence-electron chi connectivity index (χ2n) is 6.84. The molecule has 0 amide bonds. The van der Waals surface area contributed by atoms with E-state index in [-0.39, 0.29) is 5.60 Å². The second kappa shape index (κ2) is 4.09. The zero-order valence-corrected chi connectivity index (χ0v) is 14.9. The molecule has 0 spiro atoms. The van der Waals surface area contributed by atoms with Crippen LogP contribution < -0.4 is 4.57 Å². The van der Waals surface area contributed by atoms with Crippen molar-refractivity contribution in [3.63, 3.8) is 0 Å². The van der Waals surface area contributed by atoms with E-state index in [1.807, 2.05) is 0 Å². The number of hydrogen-bond acceptors (Lipinski definition) is 2. The molecule has 0 bridgehead atoms. The van der Waals surface area contributed by atoms with E-state index < -0.39 is 8.48 Å². The van der Waals surface area contributed by atoms with Crippen molar-refractivity contribution in [3.8, 4) is 0 Å². The molecule has 1 heterocycles. The van der Waals surface area contributed by atoms with Crippen LogP contribution in [0.25, 0.3) is 0 Å². The van der Waals surface area contributed by atoms with Crippen molar-refractivity contribution in [2.75, 3.05) is 11.6 Å². The standard InChI is InChI=1S/C16H27NOSi/c1-10-11(2)13(4)15-14(12(10)3)16(5,6)18-19(8,9)17(15)7/h1-9H3. The van der Waals surface area contributed by atoms with Gasteiger partial charge in [-0.25, -0.2) is 0 Å². The Morgan fingerprint density at radius 1 is 0.895 bits per heavy atom. The summed E-state index contributed by atoms with van der Waals surface area (Å²) in [6, 6.07) is 0. The highest BCUT2D eigenvalue weighted by Gasteiger charge is 2.45. The molecule has 1 aliphatic heterocycles. The van der Waals surface area contributed by atoms with Crippen molar-refractivity contribution in [2.45, 2.75) is 60.2 Å². The molecular weight excluding hydrogens is 250 g/mol. The average Bonchev–Trinajstić information content (AvgIpc) is 2.26. The number of nitrogens with zero attached hydrogens (tertiary/aromatic N) is 1. The van der Waals surface area contributed by atoms with E-state index in [1.54, 1.807) is 0 Å². The molecule has 0 aromatic heterocycles. The van der Waals surface area contributed by atoms with Crippen LogP contribution in [0.2, 0.25) is 13.1 Å². The minimum absolute atomic E-state index is 0.190. The maximum Gasteiger partial charge on any atom is 0.294 e. The summed E-state index contributed by atoms with van der Waals surface area (Å²) in [5.74, 6) is 0. The first kappa shape index (κ1) is 14.6. The van der Waals surface area contributed by atoms with Gasteiger partial charge < -0.3 is 8.99 Å². The first-order valence-electron chi connectivity index (χ1n) is 7.05. The van der Waals surface area contributed by atoms with Crippen LogP contribution in [-0.4, -0.2) is 15.5 Å². The monoisotopic (exact) mass is 277 g/mol. The second-order valence-corrected chi connectivity index (χ2v) is 10.6. The predicted molar refractivity (Wildman–Crippen MR) is 85.4 cm³/mol. The van der Waals surface area contributed by atoms with Crippen LogP contribution in [0.3, 0.4) is 0 Å². The number of anilines is 1. The van der Waals surface area contributed by atoms with Gasteiger partial charge in [0, 0.05) is 11.3 Å². The van der Waals surface area contributed by atoms with E-state index in [4.69, 9.17) is 4.43 Å². The summed E-state index contributed by atoms with van der Waals surface area (Å²) in [7, 11) is 0.354. The first-order valence-corrected chi connectivity index (χ1v) is 9.91. The minimum Gasteiger partial charge on any atom is -0.389 e. The van der Waals surface area contributed by atoms with E-state index in [0.29, 0.717) is 0 Å². The van der Waals surface area contributed by atoms with E-state index in [9.17, 15) is 0 Å². The molecule has 0 aliphatic carbocycles. The molecule has 106 valence electrons. The summed E-state index contributed by atoms with van der Waals surface area (Å²) < 4.78 is 8.91. The average molecular weight is 277 g/mol.